The molecule has 0 atom stereocenters. The third kappa shape index (κ3) is 4.72. The van der Waals surface area contributed by atoms with Gasteiger partial charge in [0.05, 0.1) is 30.1 Å². The van der Waals surface area contributed by atoms with Crippen molar-refractivity contribution in [3.05, 3.63) is 66.4 Å². The Hall–Kier alpha value is -4.67. The molecule has 34 heavy (non-hydrogen) atoms. The summed E-state index contributed by atoms with van der Waals surface area (Å²) in [4.78, 5) is 28.5. The highest BCUT2D eigenvalue weighted by Crippen LogP contribution is 2.34. The van der Waals surface area contributed by atoms with Gasteiger partial charge in [-0.25, -0.2) is 9.18 Å². The standard InChI is InChI=1S/C23H21FN6O4/c1-25-22(31)16-9-18-15(10-21(16)33-3)19(6-7-26-18)34-20-5-4-13(8-17(20)24)28-23(32)29-14-11-27-30(2)12-14/h4-12H,1-3H3,(H,25,31)(H2,28,29,32). The van der Waals surface area contributed by atoms with Crippen LogP contribution in [0.2, 0.25) is 0 Å². The lowest BCUT2D eigenvalue weighted by molar-refractivity contribution is 0.0960. The molecule has 174 valence electrons. The number of anilines is 2. The van der Waals surface area contributed by atoms with Gasteiger partial charge in [0.15, 0.2) is 11.6 Å². The lowest BCUT2D eigenvalue weighted by Crippen LogP contribution is -2.19. The molecule has 0 saturated heterocycles. The third-order valence-electron chi connectivity index (χ3n) is 4.87. The molecule has 2 heterocycles. The van der Waals surface area contributed by atoms with Crippen LogP contribution in [0.3, 0.4) is 0 Å². The molecule has 0 radical (unpaired) electrons. The minimum Gasteiger partial charge on any atom is -0.496 e. The lowest BCUT2D eigenvalue weighted by Gasteiger charge is -2.13. The normalized spacial score (nSPS) is 10.6. The average Bonchev–Trinajstić information content (AvgIpc) is 3.23. The predicted molar refractivity (Wildman–Crippen MR) is 124 cm³/mol. The van der Waals surface area contributed by atoms with E-state index in [-0.39, 0.29) is 17.3 Å². The highest BCUT2D eigenvalue weighted by molar-refractivity contribution is 6.02. The second-order valence-electron chi connectivity index (χ2n) is 7.19. The van der Waals surface area contributed by atoms with E-state index in [4.69, 9.17) is 9.47 Å². The summed E-state index contributed by atoms with van der Waals surface area (Å²) in [6.45, 7) is 0. The van der Waals surface area contributed by atoms with Crippen LogP contribution in [-0.2, 0) is 7.05 Å². The fourth-order valence-corrected chi connectivity index (χ4v) is 3.28. The molecule has 0 bridgehead atoms. The van der Waals surface area contributed by atoms with E-state index < -0.39 is 11.8 Å². The number of amides is 3. The maximum Gasteiger partial charge on any atom is 0.323 e. The molecule has 0 unspecified atom stereocenters. The molecular formula is C23H21FN6O4. The Morgan fingerprint density at radius 2 is 1.82 bits per heavy atom. The van der Waals surface area contributed by atoms with Gasteiger partial charge in [-0.15, -0.1) is 0 Å². The van der Waals surface area contributed by atoms with E-state index in [1.54, 1.807) is 36.1 Å². The molecule has 11 heteroatoms. The summed E-state index contributed by atoms with van der Waals surface area (Å²) in [5, 5.41) is 12.2. The van der Waals surface area contributed by atoms with Crippen LogP contribution in [0.1, 0.15) is 10.4 Å². The molecule has 4 rings (SSSR count). The van der Waals surface area contributed by atoms with Crippen LogP contribution in [-0.4, -0.2) is 40.9 Å². The van der Waals surface area contributed by atoms with Crippen molar-refractivity contribution in [2.24, 2.45) is 7.05 Å². The average molecular weight is 464 g/mol. The van der Waals surface area contributed by atoms with Gasteiger partial charge in [-0.2, -0.15) is 5.10 Å². The number of nitrogens with one attached hydrogen (secondary N) is 3. The van der Waals surface area contributed by atoms with E-state index >= 15 is 0 Å². The first-order valence-corrected chi connectivity index (χ1v) is 10.1. The number of carbonyl (C=O) groups is 2. The van der Waals surface area contributed by atoms with Gasteiger partial charge in [0.2, 0.25) is 0 Å². The number of halogens is 1. The smallest absolute Gasteiger partial charge is 0.323 e. The van der Waals surface area contributed by atoms with E-state index in [2.05, 4.69) is 26.0 Å². The highest BCUT2D eigenvalue weighted by atomic mass is 19.1. The Kier molecular flexibility index (Phi) is 6.26. The first-order chi connectivity index (χ1) is 16.4. The van der Waals surface area contributed by atoms with Gasteiger partial charge in [-0.1, -0.05) is 0 Å². The number of benzene rings is 2. The second kappa shape index (κ2) is 9.45. The summed E-state index contributed by atoms with van der Waals surface area (Å²) >= 11 is 0. The van der Waals surface area contributed by atoms with E-state index in [0.29, 0.717) is 33.7 Å². The van der Waals surface area contributed by atoms with E-state index in [9.17, 15) is 14.0 Å². The van der Waals surface area contributed by atoms with Gasteiger partial charge in [0, 0.05) is 43.6 Å². The number of hydrogen-bond donors (Lipinski definition) is 3. The van der Waals surface area contributed by atoms with Crippen LogP contribution in [0, 0.1) is 5.82 Å². The van der Waals surface area contributed by atoms with Crippen LogP contribution in [0.25, 0.3) is 10.9 Å². The number of aryl methyl sites for hydroxylation is 1. The molecule has 2 aromatic carbocycles. The molecule has 0 spiro atoms. The number of rotatable bonds is 6. The minimum absolute atomic E-state index is 0.0555. The lowest BCUT2D eigenvalue weighted by atomic mass is 10.1. The van der Waals surface area contributed by atoms with Crippen molar-refractivity contribution < 1.29 is 23.5 Å². The number of pyridine rings is 1. The van der Waals surface area contributed by atoms with Crippen LogP contribution < -0.4 is 25.4 Å². The maximum atomic E-state index is 14.8. The number of carbonyl (C=O) groups excluding carboxylic acids is 2. The summed E-state index contributed by atoms with van der Waals surface area (Å²) in [6.07, 6.45) is 4.61. The fourth-order valence-electron chi connectivity index (χ4n) is 3.28. The Morgan fingerprint density at radius 3 is 2.50 bits per heavy atom. The van der Waals surface area contributed by atoms with Crippen LogP contribution in [0.4, 0.5) is 20.6 Å². The molecule has 0 fully saturated rings. The number of fused-ring (bicyclic) bond motifs is 1. The first kappa shape index (κ1) is 22.5. The van der Waals surface area contributed by atoms with Crippen LogP contribution in [0.5, 0.6) is 17.2 Å². The fraction of sp³-hybridized carbons (Fsp3) is 0.130. The molecule has 0 aliphatic rings. The van der Waals surface area contributed by atoms with Gasteiger partial charge in [0.1, 0.15) is 11.5 Å². The van der Waals surface area contributed by atoms with Crippen molar-refractivity contribution in [3.8, 4) is 17.2 Å². The van der Waals surface area contributed by atoms with Crippen molar-refractivity contribution in [2.75, 3.05) is 24.8 Å². The predicted octanol–water partition coefficient (Wildman–Crippen LogP) is 3.91. The molecule has 0 saturated carbocycles. The number of aromatic nitrogens is 3. The van der Waals surface area contributed by atoms with Crippen LogP contribution >= 0.6 is 0 Å². The van der Waals surface area contributed by atoms with Gasteiger partial charge in [-0.05, 0) is 30.3 Å². The zero-order valence-corrected chi connectivity index (χ0v) is 18.5. The van der Waals surface area contributed by atoms with E-state index in [0.717, 1.165) is 6.07 Å². The third-order valence-corrected chi connectivity index (χ3v) is 4.87. The largest absolute Gasteiger partial charge is 0.496 e. The number of ether oxygens (including phenoxy) is 2. The molecule has 0 aliphatic carbocycles. The van der Waals surface area contributed by atoms with Crippen molar-refractivity contribution in [2.45, 2.75) is 0 Å². The van der Waals surface area contributed by atoms with Gasteiger partial charge in [0.25, 0.3) is 5.91 Å². The van der Waals surface area contributed by atoms with Crippen molar-refractivity contribution in [1.29, 1.82) is 0 Å². The van der Waals surface area contributed by atoms with Crippen LogP contribution in [0.15, 0.2) is 55.0 Å². The number of urea groups is 1. The molecule has 2 aromatic heterocycles. The molecule has 10 nitrogen and oxygen atoms in total. The topological polar surface area (TPSA) is 119 Å². The van der Waals surface area contributed by atoms with E-state index in [1.807, 2.05) is 0 Å². The molecule has 4 aromatic rings. The number of hydrogen-bond acceptors (Lipinski definition) is 6. The van der Waals surface area contributed by atoms with E-state index in [1.165, 1.54) is 38.7 Å². The van der Waals surface area contributed by atoms with Gasteiger partial charge >= 0.3 is 6.03 Å². The van der Waals surface area contributed by atoms with Gasteiger partial charge < -0.3 is 25.4 Å². The second-order valence-corrected chi connectivity index (χ2v) is 7.19. The van der Waals surface area contributed by atoms with Crippen molar-refractivity contribution >= 4 is 34.2 Å². The summed E-state index contributed by atoms with van der Waals surface area (Å²) in [6, 6.07) is 8.27. The zero-order chi connectivity index (χ0) is 24.2. The molecule has 3 N–H and O–H groups in total. The molecule has 0 aliphatic heterocycles. The summed E-state index contributed by atoms with van der Waals surface area (Å²) < 4.78 is 27.4. The van der Waals surface area contributed by atoms with Crippen molar-refractivity contribution in [1.82, 2.24) is 20.1 Å². The summed E-state index contributed by atoms with van der Waals surface area (Å²) in [5.41, 5.74) is 1.53. The Labute approximate surface area is 193 Å². The first-order valence-electron chi connectivity index (χ1n) is 10.1. The zero-order valence-electron chi connectivity index (χ0n) is 18.5. The molecular weight excluding hydrogens is 443 g/mol. The quantitative estimate of drug-likeness (QED) is 0.398. The summed E-state index contributed by atoms with van der Waals surface area (Å²) in [5.74, 6) is -0.420. The Bertz CT molecular complexity index is 1390. The number of methoxy groups -OCH3 is 1. The summed E-state index contributed by atoms with van der Waals surface area (Å²) in [7, 11) is 4.68. The monoisotopic (exact) mass is 464 g/mol. The molecule has 3 amide bonds. The Morgan fingerprint density at radius 1 is 1.03 bits per heavy atom. The Balaban J connectivity index is 1.56. The number of nitrogens with zero attached hydrogens (tertiary/aromatic N) is 3. The van der Waals surface area contributed by atoms with Gasteiger partial charge in [-0.3, -0.25) is 14.5 Å². The highest BCUT2D eigenvalue weighted by Gasteiger charge is 2.16. The maximum absolute atomic E-state index is 14.8. The SMILES string of the molecule is CNC(=O)c1cc2nccc(Oc3ccc(NC(=O)Nc4cnn(C)c4)cc3F)c2cc1OC. The minimum atomic E-state index is -0.682. The van der Waals surface area contributed by atoms with Crippen molar-refractivity contribution in [3.63, 3.8) is 0 Å².